The van der Waals surface area contributed by atoms with E-state index in [0.717, 1.165) is 16.3 Å². The van der Waals surface area contributed by atoms with E-state index in [-0.39, 0.29) is 12.1 Å². The van der Waals surface area contributed by atoms with Gasteiger partial charge in [0.15, 0.2) is 0 Å². The third kappa shape index (κ3) is 2.31. The summed E-state index contributed by atoms with van der Waals surface area (Å²) in [5.74, 6) is 0.772. The molecule has 0 saturated carbocycles. The van der Waals surface area contributed by atoms with E-state index in [0.29, 0.717) is 12.1 Å². The van der Waals surface area contributed by atoms with Crippen LogP contribution in [0.4, 0.5) is 5.69 Å². The Balaban J connectivity index is 1.81. The summed E-state index contributed by atoms with van der Waals surface area (Å²) in [6, 6.07) is 11.4. The van der Waals surface area contributed by atoms with E-state index in [4.69, 9.17) is 4.42 Å². The summed E-state index contributed by atoms with van der Waals surface area (Å²) >= 11 is 1.55. The number of furan rings is 1. The Hall–Kier alpha value is -2.60. The van der Waals surface area contributed by atoms with E-state index in [2.05, 4.69) is 9.88 Å². The van der Waals surface area contributed by atoms with Gasteiger partial charge < -0.3 is 14.2 Å². The second kappa shape index (κ2) is 5.55. The van der Waals surface area contributed by atoms with Gasteiger partial charge in [-0.05, 0) is 24.3 Å². The summed E-state index contributed by atoms with van der Waals surface area (Å²) in [6.45, 7) is 0.424. The number of anilines is 1. The minimum absolute atomic E-state index is 0.00787. The van der Waals surface area contributed by atoms with Gasteiger partial charge >= 0.3 is 0 Å². The van der Waals surface area contributed by atoms with Gasteiger partial charge in [-0.15, -0.1) is 11.3 Å². The van der Waals surface area contributed by atoms with Gasteiger partial charge in [0.2, 0.25) is 0 Å². The van der Waals surface area contributed by atoms with Crippen LogP contribution in [0.5, 0.6) is 0 Å². The second-order valence-electron chi connectivity index (χ2n) is 5.42. The van der Waals surface area contributed by atoms with E-state index < -0.39 is 0 Å². The number of amides is 1. The molecule has 2 aromatic heterocycles. The molecule has 6 heteroatoms. The van der Waals surface area contributed by atoms with E-state index in [1.807, 2.05) is 54.5 Å². The Kier molecular flexibility index (Phi) is 3.38. The maximum Gasteiger partial charge on any atom is 0.258 e. The van der Waals surface area contributed by atoms with Crippen LogP contribution in [-0.2, 0) is 6.54 Å². The molecule has 1 aromatic carbocycles. The zero-order valence-corrected chi connectivity index (χ0v) is 13.4. The minimum Gasteiger partial charge on any atom is -0.467 e. The highest BCUT2D eigenvalue weighted by Gasteiger charge is 2.37. The highest BCUT2D eigenvalue weighted by molar-refractivity contribution is 7.09. The Bertz CT molecular complexity index is 814. The fourth-order valence-electron chi connectivity index (χ4n) is 2.99. The monoisotopic (exact) mass is 325 g/mol. The highest BCUT2D eigenvalue weighted by Crippen LogP contribution is 2.39. The molecule has 0 spiro atoms. The number of fused-ring (bicyclic) bond motifs is 1. The topological polar surface area (TPSA) is 49.6 Å². The first kappa shape index (κ1) is 14.0. The molecule has 3 aromatic rings. The average molecular weight is 325 g/mol. The maximum atomic E-state index is 13.0. The molecule has 0 N–H and O–H groups in total. The van der Waals surface area contributed by atoms with Crippen LogP contribution >= 0.6 is 11.3 Å². The molecule has 0 fully saturated rings. The van der Waals surface area contributed by atoms with Gasteiger partial charge in [0.25, 0.3) is 5.91 Å². The van der Waals surface area contributed by atoms with Crippen molar-refractivity contribution < 1.29 is 9.21 Å². The fourth-order valence-corrected chi connectivity index (χ4v) is 3.77. The van der Waals surface area contributed by atoms with Gasteiger partial charge in [0.1, 0.15) is 11.9 Å². The number of benzene rings is 1. The van der Waals surface area contributed by atoms with E-state index in [1.54, 1.807) is 23.1 Å². The first-order valence-corrected chi connectivity index (χ1v) is 8.17. The van der Waals surface area contributed by atoms with Crippen molar-refractivity contribution in [3.63, 3.8) is 0 Å². The molecule has 1 aliphatic heterocycles. The van der Waals surface area contributed by atoms with Crippen molar-refractivity contribution in [1.82, 2.24) is 9.88 Å². The molecule has 23 heavy (non-hydrogen) atoms. The lowest BCUT2D eigenvalue weighted by atomic mass is 10.1. The fraction of sp³-hybridized carbons (Fsp3) is 0.176. The van der Waals surface area contributed by atoms with E-state index in [1.165, 1.54) is 0 Å². The van der Waals surface area contributed by atoms with Crippen molar-refractivity contribution in [3.8, 4) is 0 Å². The molecule has 0 bridgehead atoms. The lowest BCUT2D eigenvalue weighted by Crippen LogP contribution is -2.47. The number of carbonyl (C=O) groups excluding carboxylic acids is 1. The highest BCUT2D eigenvalue weighted by atomic mass is 32.1. The summed E-state index contributed by atoms with van der Waals surface area (Å²) < 4.78 is 5.45. The summed E-state index contributed by atoms with van der Waals surface area (Å²) in [5, 5.41) is 0. The summed E-state index contributed by atoms with van der Waals surface area (Å²) in [7, 11) is 2.00. The molecule has 0 unspecified atom stereocenters. The van der Waals surface area contributed by atoms with Crippen LogP contribution < -0.4 is 4.90 Å². The van der Waals surface area contributed by atoms with Crippen LogP contribution in [0, 0.1) is 0 Å². The maximum absolute atomic E-state index is 13.0. The zero-order valence-electron chi connectivity index (χ0n) is 12.5. The predicted octanol–water partition coefficient (Wildman–Crippen LogP) is 3.53. The number of thiazole rings is 1. The Morgan fingerprint density at radius 3 is 2.87 bits per heavy atom. The number of carbonyl (C=O) groups is 1. The molecule has 0 saturated heterocycles. The van der Waals surface area contributed by atoms with Crippen LogP contribution in [0.2, 0.25) is 0 Å². The van der Waals surface area contributed by atoms with Crippen LogP contribution in [-0.4, -0.2) is 22.8 Å². The minimum atomic E-state index is -0.185. The van der Waals surface area contributed by atoms with Crippen LogP contribution in [0.25, 0.3) is 0 Å². The molecule has 1 aliphatic rings. The Morgan fingerprint density at radius 1 is 1.26 bits per heavy atom. The van der Waals surface area contributed by atoms with E-state index in [9.17, 15) is 4.79 Å². The third-order valence-corrected chi connectivity index (χ3v) is 4.87. The molecule has 116 valence electrons. The molecule has 0 radical (unpaired) electrons. The lowest BCUT2D eigenvalue weighted by molar-refractivity contribution is 0.0623. The van der Waals surface area contributed by atoms with Crippen molar-refractivity contribution in [1.29, 1.82) is 0 Å². The van der Waals surface area contributed by atoms with Gasteiger partial charge in [-0.1, -0.05) is 12.1 Å². The van der Waals surface area contributed by atoms with Gasteiger partial charge in [-0.2, -0.15) is 0 Å². The molecule has 1 amide bonds. The first-order chi connectivity index (χ1) is 11.3. The van der Waals surface area contributed by atoms with Crippen molar-refractivity contribution in [2.24, 2.45) is 0 Å². The predicted molar refractivity (Wildman–Crippen MR) is 88.3 cm³/mol. The van der Waals surface area contributed by atoms with Gasteiger partial charge in [-0.3, -0.25) is 9.78 Å². The number of rotatable bonds is 3. The molecule has 3 heterocycles. The standard InChI is InChI=1S/C17H15N3O2S/c1-19-14-7-3-2-6-13(14)17(21)20(10-12-5-4-8-22-12)16(19)15-9-18-11-23-15/h2-9,11,16H,10H2,1H3/t16-/m1/s1. The summed E-state index contributed by atoms with van der Waals surface area (Å²) in [4.78, 5) is 22.2. The molecular weight excluding hydrogens is 310 g/mol. The molecule has 1 atom stereocenters. The molecule has 0 aliphatic carbocycles. The smallest absolute Gasteiger partial charge is 0.258 e. The van der Waals surface area contributed by atoms with Crippen LogP contribution in [0.1, 0.15) is 27.2 Å². The number of aromatic nitrogens is 1. The number of para-hydroxylation sites is 1. The van der Waals surface area contributed by atoms with Gasteiger partial charge in [0, 0.05) is 13.2 Å². The zero-order chi connectivity index (χ0) is 15.8. The SMILES string of the molecule is CN1c2ccccc2C(=O)N(Cc2ccco2)[C@@H]1c1cncs1. The summed E-state index contributed by atoms with van der Waals surface area (Å²) in [6.07, 6.45) is 3.26. The third-order valence-electron chi connectivity index (χ3n) is 4.05. The number of hydrogen-bond donors (Lipinski definition) is 0. The van der Waals surface area contributed by atoms with Crippen LogP contribution in [0.3, 0.4) is 0 Å². The molecule has 4 rings (SSSR count). The van der Waals surface area contributed by atoms with Gasteiger partial charge in [0.05, 0.1) is 34.4 Å². The second-order valence-corrected chi connectivity index (χ2v) is 6.34. The lowest BCUT2D eigenvalue weighted by Gasteiger charge is -2.42. The van der Waals surface area contributed by atoms with Crippen LogP contribution in [0.15, 0.2) is 58.8 Å². The Morgan fingerprint density at radius 2 is 2.13 bits per heavy atom. The quantitative estimate of drug-likeness (QED) is 0.739. The summed E-state index contributed by atoms with van der Waals surface area (Å²) in [5.41, 5.74) is 3.44. The van der Waals surface area contributed by atoms with E-state index >= 15 is 0 Å². The largest absolute Gasteiger partial charge is 0.467 e. The number of hydrogen-bond acceptors (Lipinski definition) is 5. The van der Waals surface area contributed by atoms with Gasteiger partial charge in [-0.25, -0.2) is 0 Å². The number of nitrogens with zero attached hydrogens (tertiary/aromatic N) is 3. The van der Waals surface area contributed by atoms with Crippen molar-refractivity contribution in [2.75, 3.05) is 11.9 Å². The van der Waals surface area contributed by atoms with Crippen molar-refractivity contribution >= 4 is 22.9 Å². The molecular formula is C17H15N3O2S. The Labute approximate surface area is 137 Å². The average Bonchev–Trinajstić information content (AvgIpc) is 3.26. The normalized spacial score (nSPS) is 17.4. The molecule has 5 nitrogen and oxygen atoms in total. The first-order valence-electron chi connectivity index (χ1n) is 7.29. The van der Waals surface area contributed by atoms with Crippen molar-refractivity contribution in [2.45, 2.75) is 12.7 Å². The van der Waals surface area contributed by atoms with Crippen molar-refractivity contribution in [3.05, 3.63) is 70.6 Å².